The SMILES string of the molecule is O=C(COc1cccc([N+](=O)[O-])c1)NCCNc1ncc(Cl)cc1Cl. The molecule has 10 heteroatoms. The quantitative estimate of drug-likeness (QED) is 0.411. The molecule has 0 bridgehead atoms. The topological polar surface area (TPSA) is 106 Å². The summed E-state index contributed by atoms with van der Waals surface area (Å²) in [4.78, 5) is 25.9. The van der Waals surface area contributed by atoms with E-state index in [4.69, 9.17) is 27.9 Å². The largest absolute Gasteiger partial charge is 0.484 e. The molecule has 8 nitrogen and oxygen atoms in total. The summed E-state index contributed by atoms with van der Waals surface area (Å²) in [6, 6.07) is 7.18. The van der Waals surface area contributed by atoms with Gasteiger partial charge >= 0.3 is 0 Å². The first kappa shape index (κ1) is 18.8. The normalized spacial score (nSPS) is 10.2. The van der Waals surface area contributed by atoms with E-state index in [9.17, 15) is 14.9 Å². The van der Waals surface area contributed by atoms with Gasteiger partial charge in [0.1, 0.15) is 11.6 Å². The Morgan fingerprint density at radius 3 is 2.80 bits per heavy atom. The summed E-state index contributed by atoms with van der Waals surface area (Å²) in [6.07, 6.45) is 1.46. The average molecular weight is 385 g/mol. The summed E-state index contributed by atoms with van der Waals surface area (Å²) in [5.74, 6) is 0.358. The summed E-state index contributed by atoms with van der Waals surface area (Å²) in [6.45, 7) is 0.468. The van der Waals surface area contributed by atoms with Crippen LogP contribution in [0.1, 0.15) is 0 Å². The van der Waals surface area contributed by atoms with Crippen molar-refractivity contribution in [2.75, 3.05) is 25.0 Å². The molecule has 0 fully saturated rings. The Balaban J connectivity index is 1.70. The molecular formula is C15H14Cl2N4O4. The van der Waals surface area contributed by atoms with Gasteiger partial charge in [-0.3, -0.25) is 14.9 Å². The molecule has 1 heterocycles. The number of halogens is 2. The standard InChI is InChI=1S/C15H14Cl2N4O4/c16-10-6-13(17)15(20-8-10)19-5-4-18-14(22)9-25-12-3-1-2-11(7-12)21(23)24/h1-3,6-8H,4-5,9H2,(H,18,22)(H,19,20). The van der Waals surface area contributed by atoms with E-state index < -0.39 is 4.92 Å². The molecule has 1 aromatic heterocycles. The number of non-ortho nitro benzene ring substituents is 1. The zero-order valence-electron chi connectivity index (χ0n) is 12.9. The summed E-state index contributed by atoms with van der Waals surface area (Å²) in [7, 11) is 0. The molecule has 0 aliphatic carbocycles. The Morgan fingerprint density at radius 1 is 1.28 bits per heavy atom. The number of pyridine rings is 1. The van der Waals surface area contributed by atoms with Crippen LogP contribution < -0.4 is 15.4 Å². The molecule has 132 valence electrons. The van der Waals surface area contributed by atoms with E-state index in [1.54, 1.807) is 6.07 Å². The van der Waals surface area contributed by atoms with Gasteiger partial charge in [0, 0.05) is 25.4 Å². The molecule has 0 saturated heterocycles. The minimum absolute atomic E-state index is 0.102. The lowest BCUT2D eigenvalue weighted by molar-refractivity contribution is -0.384. The fourth-order valence-electron chi connectivity index (χ4n) is 1.81. The third-order valence-corrected chi connectivity index (χ3v) is 3.44. The molecule has 2 N–H and O–H groups in total. The number of nitro benzene ring substituents is 1. The highest BCUT2D eigenvalue weighted by atomic mass is 35.5. The molecule has 0 aliphatic rings. The Bertz CT molecular complexity index is 773. The average Bonchev–Trinajstić information content (AvgIpc) is 2.58. The fourth-order valence-corrected chi connectivity index (χ4v) is 2.26. The Labute approximate surface area is 153 Å². The smallest absolute Gasteiger partial charge is 0.273 e. The van der Waals surface area contributed by atoms with Crippen LogP contribution >= 0.6 is 23.2 Å². The first-order chi connectivity index (χ1) is 12.0. The first-order valence-corrected chi connectivity index (χ1v) is 7.90. The maximum atomic E-state index is 11.7. The molecule has 0 radical (unpaired) electrons. The highest BCUT2D eigenvalue weighted by Crippen LogP contribution is 2.22. The first-order valence-electron chi connectivity index (χ1n) is 7.14. The van der Waals surface area contributed by atoms with Crippen LogP contribution in [0.5, 0.6) is 5.75 Å². The molecule has 1 amide bonds. The van der Waals surface area contributed by atoms with Gasteiger partial charge in [-0.1, -0.05) is 29.3 Å². The molecule has 0 saturated carbocycles. The summed E-state index contributed by atoms with van der Waals surface area (Å²) < 4.78 is 5.22. The number of aromatic nitrogens is 1. The van der Waals surface area contributed by atoms with Crippen LogP contribution in [0.3, 0.4) is 0 Å². The van der Waals surface area contributed by atoms with Gasteiger partial charge in [-0.15, -0.1) is 0 Å². The number of hydrogen-bond donors (Lipinski definition) is 2. The molecule has 2 rings (SSSR count). The number of carbonyl (C=O) groups excluding carboxylic acids is 1. The summed E-state index contributed by atoms with van der Waals surface area (Å²) >= 11 is 11.7. The number of amides is 1. The van der Waals surface area contributed by atoms with Gasteiger partial charge < -0.3 is 15.4 Å². The van der Waals surface area contributed by atoms with Gasteiger partial charge in [-0.25, -0.2) is 4.98 Å². The van der Waals surface area contributed by atoms with Crippen molar-refractivity contribution in [3.05, 3.63) is 56.7 Å². The van der Waals surface area contributed by atoms with Gasteiger partial charge in [-0.2, -0.15) is 0 Å². The van der Waals surface area contributed by atoms with Gasteiger partial charge in [0.05, 0.1) is 21.0 Å². The van der Waals surface area contributed by atoms with Crippen molar-refractivity contribution >= 4 is 40.6 Å². The van der Waals surface area contributed by atoms with Gasteiger partial charge in [-0.05, 0) is 12.1 Å². The number of rotatable bonds is 8. The van der Waals surface area contributed by atoms with E-state index >= 15 is 0 Å². The highest BCUT2D eigenvalue weighted by Gasteiger charge is 2.08. The number of nitrogens with one attached hydrogen (secondary N) is 2. The maximum absolute atomic E-state index is 11.7. The van der Waals surface area contributed by atoms with Gasteiger partial charge in [0.15, 0.2) is 6.61 Å². The van der Waals surface area contributed by atoms with Crippen LogP contribution in [0.2, 0.25) is 10.0 Å². The molecule has 0 aliphatic heterocycles. The van der Waals surface area contributed by atoms with Crippen molar-refractivity contribution in [1.82, 2.24) is 10.3 Å². The number of ether oxygens (including phenoxy) is 1. The molecular weight excluding hydrogens is 371 g/mol. The van der Waals surface area contributed by atoms with Crippen molar-refractivity contribution in [3.8, 4) is 5.75 Å². The van der Waals surface area contributed by atoms with E-state index in [0.717, 1.165) is 0 Å². The second-order valence-corrected chi connectivity index (χ2v) is 5.65. The molecule has 0 atom stereocenters. The predicted octanol–water partition coefficient (Wildman–Crippen LogP) is 2.90. The van der Waals surface area contributed by atoms with E-state index in [2.05, 4.69) is 15.6 Å². The lowest BCUT2D eigenvalue weighted by Crippen LogP contribution is -2.32. The Morgan fingerprint density at radius 2 is 2.08 bits per heavy atom. The summed E-state index contributed by atoms with van der Waals surface area (Å²) in [5.41, 5.74) is -0.102. The number of hydrogen-bond acceptors (Lipinski definition) is 6. The Kier molecular flexibility index (Phi) is 6.79. The molecule has 25 heavy (non-hydrogen) atoms. The molecule has 1 aromatic carbocycles. The van der Waals surface area contributed by atoms with Crippen molar-refractivity contribution < 1.29 is 14.5 Å². The van der Waals surface area contributed by atoms with Crippen LogP contribution in [0, 0.1) is 10.1 Å². The van der Waals surface area contributed by atoms with Crippen molar-refractivity contribution in [2.24, 2.45) is 0 Å². The minimum atomic E-state index is -0.533. The number of nitrogens with zero attached hydrogens (tertiary/aromatic N) is 2. The number of nitro groups is 1. The second-order valence-electron chi connectivity index (χ2n) is 4.80. The highest BCUT2D eigenvalue weighted by molar-refractivity contribution is 6.35. The van der Waals surface area contributed by atoms with E-state index in [0.29, 0.717) is 29.0 Å². The minimum Gasteiger partial charge on any atom is -0.484 e. The number of anilines is 1. The zero-order valence-corrected chi connectivity index (χ0v) is 14.4. The zero-order chi connectivity index (χ0) is 18.2. The molecule has 2 aromatic rings. The lowest BCUT2D eigenvalue weighted by atomic mass is 10.3. The van der Waals surface area contributed by atoms with Crippen LogP contribution in [0.25, 0.3) is 0 Å². The Hall–Kier alpha value is -2.58. The fraction of sp³-hybridized carbons (Fsp3) is 0.200. The summed E-state index contributed by atoms with van der Waals surface area (Å²) in [5, 5.41) is 17.1. The van der Waals surface area contributed by atoms with Gasteiger partial charge in [0.2, 0.25) is 0 Å². The predicted molar refractivity (Wildman–Crippen MR) is 94.3 cm³/mol. The molecule has 0 unspecified atom stereocenters. The maximum Gasteiger partial charge on any atom is 0.273 e. The number of benzene rings is 1. The van der Waals surface area contributed by atoms with Crippen molar-refractivity contribution in [1.29, 1.82) is 0 Å². The third kappa shape index (κ3) is 6.09. The van der Waals surface area contributed by atoms with E-state index in [1.165, 1.54) is 30.5 Å². The third-order valence-electron chi connectivity index (χ3n) is 2.95. The van der Waals surface area contributed by atoms with Crippen LogP contribution in [0.4, 0.5) is 11.5 Å². The number of carbonyl (C=O) groups is 1. The monoisotopic (exact) mass is 384 g/mol. The van der Waals surface area contributed by atoms with Crippen LogP contribution in [-0.4, -0.2) is 35.5 Å². The lowest BCUT2D eigenvalue weighted by Gasteiger charge is -2.09. The van der Waals surface area contributed by atoms with E-state index in [-0.39, 0.29) is 24.0 Å². The van der Waals surface area contributed by atoms with Crippen LogP contribution in [-0.2, 0) is 4.79 Å². The van der Waals surface area contributed by atoms with E-state index in [1.807, 2.05) is 0 Å². The van der Waals surface area contributed by atoms with Gasteiger partial charge in [0.25, 0.3) is 11.6 Å². The second kappa shape index (κ2) is 9.05. The molecule has 0 spiro atoms. The van der Waals surface area contributed by atoms with Crippen molar-refractivity contribution in [3.63, 3.8) is 0 Å². The van der Waals surface area contributed by atoms with Crippen LogP contribution in [0.15, 0.2) is 36.5 Å². The van der Waals surface area contributed by atoms with Crippen molar-refractivity contribution in [2.45, 2.75) is 0 Å².